The highest BCUT2D eigenvalue weighted by atomic mass is 79.9. The molecule has 0 bridgehead atoms. The average Bonchev–Trinajstić information content (AvgIpc) is 2.45. The van der Waals surface area contributed by atoms with E-state index in [0.717, 1.165) is 21.1 Å². The Balaban J connectivity index is 2.40. The first-order chi connectivity index (χ1) is 10.3. The van der Waals surface area contributed by atoms with Gasteiger partial charge in [0, 0.05) is 9.86 Å². The third-order valence-electron chi connectivity index (χ3n) is 3.25. The monoisotopic (exact) mass is 380 g/mol. The Morgan fingerprint density at radius 1 is 1.41 bits per heavy atom. The van der Waals surface area contributed by atoms with E-state index < -0.39 is 11.0 Å². The van der Waals surface area contributed by atoms with Gasteiger partial charge in [0.25, 0.3) is 0 Å². The minimum absolute atomic E-state index is 0.126. The van der Waals surface area contributed by atoms with Gasteiger partial charge in [-0.05, 0) is 39.3 Å². The van der Waals surface area contributed by atoms with Crippen molar-refractivity contribution in [3.05, 3.63) is 53.2 Å². The fourth-order valence-corrected chi connectivity index (χ4v) is 3.43. The van der Waals surface area contributed by atoms with Crippen LogP contribution < -0.4 is 4.72 Å². The summed E-state index contributed by atoms with van der Waals surface area (Å²) in [6.45, 7) is 9.65. The van der Waals surface area contributed by atoms with Gasteiger partial charge in [-0.15, -0.1) is 6.58 Å². The summed E-state index contributed by atoms with van der Waals surface area (Å²) >= 11 is 3.60. The number of hydrogen-bond donors (Lipinski definition) is 1. The number of aromatic nitrogens is 1. The molecule has 118 valence electrons. The standard InChI is InChI=1S/C17H21BrN2OS/c1-5-8-15(20-22(21)17(2,3)4)16-11-13(18)12-9-6-7-10-14(12)19-16/h5-7,9-11,15,20H,1,8H2,2-4H3/t15-,22-/m0/s1. The smallest absolute Gasteiger partial charge is 0.0976 e. The highest BCUT2D eigenvalue weighted by Crippen LogP contribution is 2.28. The van der Waals surface area contributed by atoms with Crippen LogP contribution in [0.1, 0.15) is 38.9 Å². The Kier molecular flexibility index (Phi) is 5.53. The second kappa shape index (κ2) is 7.02. The topological polar surface area (TPSA) is 42.0 Å². The lowest BCUT2D eigenvalue weighted by molar-refractivity contribution is 0.595. The van der Waals surface area contributed by atoms with Crippen molar-refractivity contribution in [2.75, 3.05) is 0 Å². The molecule has 0 saturated carbocycles. The first kappa shape index (κ1) is 17.3. The molecule has 0 unspecified atom stereocenters. The van der Waals surface area contributed by atoms with Crippen LogP contribution in [0.2, 0.25) is 0 Å². The van der Waals surface area contributed by atoms with Crippen LogP contribution in [0.3, 0.4) is 0 Å². The number of fused-ring (bicyclic) bond motifs is 1. The number of nitrogens with one attached hydrogen (secondary N) is 1. The number of nitrogens with zero attached hydrogens (tertiary/aromatic N) is 1. The van der Waals surface area contributed by atoms with Gasteiger partial charge in [-0.2, -0.15) is 0 Å². The number of hydrogen-bond acceptors (Lipinski definition) is 2. The zero-order chi connectivity index (χ0) is 16.3. The Morgan fingerprint density at radius 3 is 2.73 bits per heavy atom. The molecule has 5 heteroatoms. The minimum atomic E-state index is -1.16. The SMILES string of the molecule is C=CC[C@H](N[S@@](=O)C(C)(C)C)c1cc(Br)c2ccccc2n1. The molecule has 22 heavy (non-hydrogen) atoms. The molecule has 1 aromatic carbocycles. The van der Waals surface area contributed by atoms with Gasteiger partial charge in [0.1, 0.15) is 0 Å². The van der Waals surface area contributed by atoms with Crippen LogP contribution in [0.15, 0.2) is 47.5 Å². The van der Waals surface area contributed by atoms with Crippen LogP contribution in [0.25, 0.3) is 10.9 Å². The molecule has 2 atom stereocenters. The second-order valence-electron chi connectivity index (χ2n) is 6.12. The molecule has 0 amide bonds. The minimum Gasteiger partial charge on any atom is -0.251 e. The van der Waals surface area contributed by atoms with E-state index in [1.807, 2.05) is 57.2 Å². The van der Waals surface area contributed by atoms with Crippen LogP contribution in [-0.4, -0.2) is 13.9 Å². The summed E-state index contributed by atoms with van der Waals surface area (Å²) in [5.74, 6) is 0. The van der Waals surface area contributed by atoms with Gasteiger partial charge in [-0.25, -0.2) is 8.93 Å². The molecule has 3 nitrogen and oxygen atoms in total. The third kappa shape index (κ3) is 4.03. The van der Waals surface area contributed by atoms with Gasteiger partial charge in [-0.3, -0.25) is 4.98 Å². The molecule has 0 aliphatic rings. The van der Waals surface area contributed by atoms with Gasteiger partial charge < -0.3 is 0 Å². The molecule has 0 saturated heterocycles. The summed E-state index contributed by atoms with van der Waals surface area (Å²) in [6, 6.07) is 9.83. The molecule has 0 spiro atoms. The number of halogens is 1. The molecule has 0 radical (unpaired) electrons. The van der Waals surface area contributed by atoms with E-state index in [4.69, 9.17) is 4.98 Å². The molecule has 1 aromatic heterocycles. The van der Waals surface area contributed by atoms with Crippen LogP contribution in [0, 0.1) is 0 Å². The Labute approximate surface area is 142 Å². The van der Waals surface area contributed by atoms with Gasteiger partial charge in [0.2, 0.25) is 0 Å². The van der Waals surface area contributed by atoms with Crippen molar-refractivity contribution in [1.29, 1.82) is 0 Å². The Hall–Kier alpha value is -1.04. The van der Waals surface area contributed by atoms with Crippen LogP contribution in [-0.2, 0) is 11.0 Å². The van der Waals surface area contributed by atoms with Gasteiger partial charge in [0.05, 0.1) is 33.0 Å². The summed E-state index contributed by atoms with van der Waals surface area (Å²) < 4.78 is 16.2. The van der Waals surface area contributed by atoms with Crippen molar-refractivity contribution in [2.24, 2.45) is 0 Å². The Morgan fingerprint density at radius 2 is 2.09 bits per heavy atom. The molecule has 0 aliphatic heterocycles. The van der Waals surface area contributed by atoms with Crippen molar-refractivity contribution in [3.8, 4) is 0 Å². The zero-order valence-corrected chi connectivity index (χ0v) is 15.5. The maximum atomic E-state index is 12.4. The van der Waals surface area contributed by atoms with Crippen LogP contribution in [0.5, 0.6) is 0 Å². The van der Waals surface area contributed by atoms with E-state index in [-0.39, 0.29) is 10.8 Å². The highest BCUT2D eigenvalue weighted by Gasteiger charge is 2.24. The van der Waals surface area contributed by atoms with Crippen molar-refractivity contribution in [2.45, 2.75) is 38.0 Å². The maximum Gasteiger partial charge on any atom is 0.0976 e. The second-order valence-corrected chi connectivity index (χ2v) is 8.97. The fraction of sp³-hybridized carbons (Fsp3) is 0.353. The number of benzene rings is 1. The molecular weight excluding hydrogens is 360 g/mol. The van der Waals surface area contributed by atoms with Crippen LogP contribution >= 0.6 is 15.9 Å². The predicted octanol–water partition coefficient (Wildman–Crippen LogP) is 4.67. The first-order valence-electron chi connectivity index (χ1n) is 7.17. The first-order valence-corrected chi connectivity index (χ1v) is 9.11. The van der Waals surface area contributed by atoms with E-state index in [1.54, 1.807) is 0 Å². The van der Waals surface area contributed by atoms with E-state index in [2.05, 4.69) is 27.2 Å². The molecule has 1 N–H and O–H groups in total. The van der Waals surface area contributed by atoms with Crippen molar-refractivity contribution in [3.63, 3.8) is 0 Å². The largest absolute Gasteiger partial charge is 0.251 e. The number of para-hydroxylation sites is 1. The van der Waals surface area contributed by atoms with Gasteiger partial charge in [0.15, 0.2) is 0 Å². The average molecular weight is 381 g/mol. The van der Waals surface area contributed by atoms with E-state index in [0.29, 0.717) is 6.42 Å². The zero-order valence-electron chi connectivity index (χ0n) is 13.1. The van der Waals surface area contributed by atoms with Crippen molar-refractivity contribution >= 4 is 37.8 Å². The molecule has 0 fully saturated rings. The number of pyridine rings is 1. The molecule has 1 heterocycles. The summed E-state index contributed by atoms with van der Waals surface area (Å²) in [6.07, 6.45) is 2.49. The van der Waals surface area contributed by atoms with Crippen molar-refractivity contribution < 1.29 is 4.21 Å². The van der Waals surface area contributed by atoms with E-state index in [9.17, 15) is 4.21 Å². The number of rotatable bonds is 5. The van der Waals surface area contributed by atoms with E-state index in [1.165, 1.54) is 0 Å². The quantitative estimate of drug-likeness (QED) is 0.765. The molecule has 2 rings (SSSR count). The van der Waals surface area contributed by atoms with Gasteiger partial charge >= 0.3 is 0 Å². The van der Waals surface area contributed by atoms with Gasteiger partial charge in [-0.1, -0.05) is 40.2 Å². The van der Waals surface area contributed by atoms with E-state index >= 15 is 0 Å². The third-order valence-corrected chi connectivity index (χ3v) is 5.52. The summed E-state index contributed by atoms with van der Waals surface area (Å²) in [5, 5.41) is 1.07. The summed E-state index contributed by atoms with van der Waals surface area (Å²) in [5.41, 5.74) is 1.78. The lowest BCUT2D eigenvalue weighted by Gasteiger charge is -2.23. The van der Waals surface area contributed by atoms with Crippen LogP contribution in [0.4, 0.5) is 0 Å². The fourth-order valence-electron chi connectivity index (χ4n) is 2.03. The lowest BCUT2D eigenvalue weighted by Crippen LogP contribution is -2.36. The molecule has 0 aliphatic carbocycles. The molecule has 2 aromatic rings. The summed E-state index contributed by atoms with van der Waals surface area (Å²) in [4.78, 5) is 4.72. The Bertz CT molecular complexity index is 709. The molecular formula is C17H21BrN2OS. The lowest BCUT2D eigenvalue weighted by atomic mass is 10.1. The highest BCUT2D eigenvalue weighted by molar-refractivity contribution is 9.10. The normalized spacial score (nSPS) is 14.7. The maximum absolute atomic E-state index is 12.4. The predicted molar refractivity (Wildman–Crippen MR) is 98.0 cm³/mol. The summed E-state index contributed by atoms with van der Waals surface area (Å²) in [7, 11) is -1.16. The van der Waals surface area contributed by atoms with Crippen molar-refractivity contribution in [1.82, 2.24) is 9.71 Å².